The Kier molecular flexibility index (Phi) is 4.67. The van der Waals surface area contributed by atoms with Crippen LogP contribution in [0.15, 0.2) is 16.6 Å². The summed E-state index contributed by atoms with van der Waals surface area (Å²) in [6.07, 6.45) is 1.22. The Balaban J connectivity index is 2.10. The summed E-state index contributed by atoms with van der Waals surface area (Å²) in [7, 11) is 0. The average molecular weight is 322 g/mol. The van der Waals surface area contributed by atoms with Gasteiger partial charge in [-0.25, -0.2) is 13.2 Å². The molecule has 1 N–H and O–H groups in total. The van der Waals surface area contributed by atoms with Crippen LogP contribution >= 0.6 is 15.9 Å². The summed E-state index contributed by atoms with van der Waals surface area (Å²) in [5.74, 6) is -1.39. The van der Waals surface area contributed by atoms with Crippen LogP contribution in [0.25, 0.3) is 0 Å². The number of rotatable bonds is 3. The lowest BCUT2D eigenvalue weighted by Crippen LogP contribution is -2.42. The van der Waals surface area contributed by atoms with Gasteiger partial charge in [-0.15, -0.1) is 0 Å². The molecular formula is C13H15BrF3N. The normalized spacial score (nSPS) is 21.9. The van der Waals surface area contributed by atoms with Crippen molar-refractivity contribution in [3.63, 3.8) is 0 Å². The minimum absolute atomic E-state index is 0.169. The molecule has 0 radical (unpaired) electrons. The Morgan fingerprint density at radius 1 is 1.33 bits per heavy atom. The van der Waals surface area contributed by atoms with Crippen LogP contribution in [-0.2, 0) is 6.42 Å². The van der Waals surface area contributed by atoms with Gasteiger partial charge in [0, 0.05) is 18.0 Å². The molecule has 2 atom stereocenters. The van der Waals surface area contributed by atoms with Crippen molar-refractivity contribution in [2.75, 3.05) is 6.54 Å². The van der Waals surface area contributed by atoms with E-state index in [1.165, 1.54) is 6.07 Å². The molecule has 0 bridgehead atoms. The summed E-state index contributed by atoms with van der Waals surface area (Å²) in [4.78, 5) is 0. The number of hydrogen-bond donors (Lipinski definition) is 1. The maximum Gasteiger partial charge on any atom is 0.143 e. The average Bonchev–Trinajstić information content (AvgIpc) is 2.40. The predicted molar refractivity (Wildman–Crippen MR) is 68.3 cm³/mol. The van der Waals surface area contributed by atoms with E-state index < -0.39 is 17.8 Å². The zero-order valence-electron chi connectivity index (χ0n) is 9.86. The molecule has 0 aromatic heterocycles. The number of piperidine rings is 1. The van der Waals surface area contributed by atoms with Crippen LogP contribution in [0.4, 0.5) is 13.2 Å². The molecule has 18 heavy (non-hydrogen) atoms. The minimum Gasteiger partial charge on any atom is -0.311 e. The zero-order chi connectivity index (χ0) is 13.1. The maximum absolute atomic E-state index is 14.1. The number of nitrogens with one attached hydrogen (secondary N) is 1. The van der Waals surface area contributed by atoms with Crippen LogP contribution in [0.1, 0.15) is 24.8 Å². The fourth-order valence-electron chi connectivity index (χ4n) is 2.28. The van der Waals surface area contributed by atoms with Crippen molar-refractivity contribution >= 4 is 15.9 Å². The van der Waals surface area contributed by atoms with Crippen LogP contribution < -0.4 is 5.32 Å². The Hall–Kier alpha value is -0.550. The molecule has 1 fully saturated rings. The van der Waals surface area contributed by atoms with Gasteiger partial charge in [-0.3, -0.25) is 0 Å². The van der Waals surface area contributed by atoms with Crippen molar-refractivity contribution < 1.29 is 13.2 Å². The Labute approximate surface area is 113 Å². The van der Waals surface area contributed by atoms with Crippen molar-refractivity contribution in [3.8, 4) is 0 Å². The second-order valence-corrected chi connectivity index (χ2v) is 5.45. The third-order valence-electron chi connectivity index (χ3n) is 3.32. The first-order valence-corrected chi connectivity index (χ1v) is 6.88. The van der Waals surface area contributed by atoms with Gasteiger partial charge in [0.15, 0.2) is 0 Å². The fraction of sp³-hybridized carbons (Fsp3) is 0.538. The van der Waals surface area contributed by atoms with E-state index >= 15 is 0 Å². The molecule has 1 aromatic carbocycles. The number of alkyl halides is 1. The van der Waals surface area contributed by atoms with Crippen LogP contribution in [0.2, 0.25) is 0 Å². The van der Waals surface area contributed by atoms with E-state index in [2.05, 4.69) is 21.2 Å². The van der Waals surface area contributed by atoms with Gasteiger partial charge in [-0.2, -0.15) is 0 Å². The lowest BCUT2D eigenvalue weighted by atomic mass is 9.96. The molecule has 0 saturated carbocycles. The largest absolute Gasteiger partial charge is 0.311 e. The lowest BCUT2D eigenvalue weighted by Gasteiger charge is -2.26. The molecule has 1 heterocycles. The van der Waals surface area contributed by atoms with E-state index in [1.807, 2.05) is 0 Å². The van der Waals surface area contributed by atoms with E-state index in [9.17, 15) is 13.2 Å². The topological polar surface area (TPSA) is 12.0 Å². The van der Waals surface area contributed by atoms with Gasteiger partial charge in [0.1, 0.15) is 17.8 Å². The second kappa shape index (κ2) is 6.06. The molecule has 0 aliphatic carbocycles. The summed E-state index contributed by atoms with van der Waals surface area (Å²) in [5, 5.41) is 3.06. The molecule has 1 nitrogen and oxygen atoms in total. The molecule has 1 saturated heterocycles. The van der Waals surface area contributed by atoms with E-state index in [-0.39, 0.29) is 22.5 Å². The van der Waals surface area contributed by atoms with Gasteiger partial charge in [0.25, 0.3) is 0 Å². The van der Waals surface area contributed by atoms with Crippen LogP contribution in [-0.4, -0.2) is 18.8 Å². The molecule has 2 unspecified atom stereocenters. The molecule has 0 spiro atoms. The summed E-state index contributed by atoms with van der Waals surface area (Å²) in [6, 6.07) is 2.15. The van der Waals surface area contributed by atoms with Crippen LogP contribution in [0.5, 0.6) is 0 Å². The van der Waals surface area contributed by atoms with E-state index in [4.69, 9.17) is 0 Å². The van der Waals surface area contributed by atoms with E-state index in [0.717, 1.165) is 31.9 Å². The zero-order valence-corrected chi connectivity index (χ0v) is 11.4. The molecule has 5 heteroatoms. The summed E-state index contributed by atoms with van der Waals surface area (Å²) in [5.41, 5.74) is -0.177. The Morgan fingerprint density at radius 2 is 2.11 bits per heavy atom. The highest BCUT2D eigenvalue weighted by molar-refractivity contribution is 9.10. The third-order valence-corrected chi connectivity index (χ3v) is 3.94. The van der Waals surface area contributed by atoms with E-state index in [1.54, 1.807) is 0 Å². The molecule has 0 amide bonds. The number of benzene rings is 1. The van der Waals surface area contributed by atoms with Crippen LogP contribution in [0.3, 0.4) is 0 Å². The summed E-state index contributed by atoms with van der Waals surface area (Å²) >= 11 is 2.99. The van der Waals surface area contributed by atoms with Crippen molar-refractivity contribution in [2.45, 2.75) is 37.9 Å². The molecule has 1 aromatic rings. The van der Waals surface area contributed by atoms with Crippen molar-refractivity contribution in [2.24, 2.45) is 0 Å². The fourth-order valence-corrected chi connectivity index (χ4v) is 2.65. The highest BCUT2D eigenvalue weighted by Crippen LogP contribution is 2.25. The van der Waals surface area contributed by atoms with Crippen molar-refractivity contribution in [1.82, 2.24) is 5.32 Å². The molecule has 1 aliphatic heterocycles. The van der Waals surface area contributed by atoms with Crippen LogP contribution in [0, 0.1) is 11.6 Å². The van der Waals surface area contributed by atoms with Gasteiger partial charge in [-0.05, 0) is 47.4 Å². The van der Waals surface area contributed by atoms with Gasteiger partial charge in [0.05, 0.1) is 4.47 Å². The lowest BCUT2D eigenvalue weighted by molar-refractivity contribution is 0.214. The van der Waals surface area contributed by atoms with E-state index in [0.29, 0.717) is 0 Å². The molecule has 2 rings (SSSR count). The Morgan fingerprint density at radius 3 is 2.78 bits per heavy atom. The SMILES string of the molecule is Fc1ccc(Br)c(F)c1CC(F)C1CCCCN1. The first-order valence-electron chi connectivity index (χ1n) is 6.09. The third kappa shape index (κ3) is 3.06. The van der Waals surface area contributed by atoms with Gasteiger partial charge < -0.3 is 5.32 Å². The van der Waals surface area contributed by atoms with Gasteiger partial charge >= 0.3 is 0 Å². The summed E-state index contributed by atoms with van der Waals surface area (Å²) in [6.45, 7) is 0.772. The standard InChI is InChI=1S/C13H15BrF3N/c14-9-4-5-10(15)8(13(9)17)7-11(16)12-3-1-2-6-18-12/h4-5,11-12,18H,1-3,6-7H2. The quantitative estimate of drug-likeness (QED) is 0.836. The number of halogens is 4. The number of hydrogen-bond acceptors (Lipinski definition) is 1. The van der Waals surface area contributed by atoms with Gasteiger partial charge in [-0.1, -0.05) is 6.42 Å². The highest BCUT2D eigenvalue weighted by atomic mass is 79.9. The first kappa shape index (κ1) is 13.9. The Bertz CT molecular complexity index is 419. The second-order valence-electron chi connectivity index (χ2n) is 4.60. The molecule has 100 valence electrons. The predicted octanol–water partition coefficient (Wildman–Crippen LogP) is 3.75. The maximum atomic E-state index is 14.1. The molecule has 1 aliphatic rings. The van der Waals surface area contributed by atoms with Crippen molar-refractivity contribution in [1.29, 1.82) is 0 Å². The first-order chi connectivity index (χ1) is 8.59. The monoisotopic (exact) mass is 321 g/mol. The highest BCUT2D eigenvalue weighted by Gasteiger charge is 2.25. The van der Waals surface area contributed by atoms with Crippen molar-refractivity contribution in [3.05, 3.63) is 33.8 Å². The molecular weight excluding hydrogens is 307 g/mol. The van der Waals surface area contributed by atoms with Gasteiger partial charge in [0.2, 0.25) is 0 Å². The minimum atomic E-state index is -1.26. The summed E-state index contributed by atoms with van der Waals surface area (Å²) < 4.78 is 41.5. The smallest absolute Gasteiger partial charge is 0.143 e.